The van der Waals surface area contributed by atoms with Crippen molar-refractivity contribution < 1.29 is 33.0 Å². The fourth-order valence-corrected chi connectivity index (χ4v) is 2.74. The van der Waals surface area contributed by atoms with E-state index in [0.29, 0.717) is 0 Å². The molecule has 2 rings (SSSR count). The molecule has 0 aromatic heterocycles. The highest BCUT2D eigenvalue weighted by Gasteiger charge is 2.20. The Labute approximate surface area is 142 Å². The topological polar surface area (TPSA) is 142 Å². The Kier molecular flexibility index (Phi) is 5.25. The SMILES string of the molecule is COc1ccc(S(=O)(=O)NNC(=O)c2ccc(O)cc2)cc1C(=O)O. The van der Waals surface area contributed by atoms with E-state index in [9.17, 15) is 18.0 Å². The van der Waals surface area contributed by atoms with Crippen LogP contribution in [0.1, 0.15) is 20.7 Å². The molecule has 0 unspecified atom stereocenters. The summed E-state index contributed by atoms with van der Waals surface area (Å²) in [4.78, 5) is 24.5. The molecule has 0 fully saturated rings. The van der Waals surface area contributed by atoms with E-state index in [2.05, 4.69) is 0 Å². The van der Waals surface area contributed by atoms with Gasteiger partial charge in [0, 0.05) is 5.56 Å². The average molecular weight is 366 g/mol. The molecule has 132 valence electrons. The van der Waals surface area contributed by atoms with Crippen molar-refractivity contribution in [3.63, 3.8) is 0 Å². The smallest absolute Gasteiger partial charge is 0.339 e. The predicted molar refractivity (Wildman–Crippen MR) is 85.8 cm³/mol. The third-order valence-corrected chi connectivity index (χ3v) is 4.39. The van der Waals surface area contributed by atoms with Gasteiger partial charge in [-0.1, -0.05) is 0 Å². The van der Waals surface area contributed by atoms with Crippen molar-refractivity contribution in [1.29, 1.82) is 0 Å². The number of aromatic carboxylic acids is 1. The number of sulfonamides is 1. The van der Waals surface area contributed by atoms with Crippen LogP contribution in [0.3, 0.4) is 0 Å². The molecule has 0 spiro atoms. The molecule has 0 saturated carbocycles. The molecule has 25 heavy (non-hydrogen) atoms. The number of nitrogens with one attached hydrogen (secondary N) is 2. The maximum Gasteiger partial charge on any atom is 0.339 e. The Morgan fingerprint density at radius 1 is 1.08 bits per heavy atom. The second kappa shape index (κ2) is 7.20. The molecule has 2 aromatic rings. The van der Waals surface area contributed by atoms with Crippen molar-refractivity contribution in [3.05, 3.63) is 53.6 Å². The Bertz CT molecular complexity index is 908. The molecule has 4 N–H and O–H groups in total. The first-order valence-electron chi connectivity index (χ1n) is 6.77. The fraction of sp³-hybridized carbons (Fsp3) is 0.0667. The number of carboxylic acids is 1. The van der Waals surface area contributed by atoms with Crippen LogP contribution in [0.15, 0.2) is 47.4 Å². The summed E-state index contributed by atoms with van der Waals surface area (Å²) in [7, 11) is -2.95. The van der Waals surface area contributed by atoms with E-state index in [1.807, 2.05) is 10.3 Å². The van der Waals surface area contributed by atoms with Gasteiger partial charge in [0.05, 0.1) is 12.0 Å². The van der Waals surface area contributed by atoms with Crippen molar-refractivity contribution in [3.8, 4) is 11.5 Å². The average Bonchev–Trinajstić information content (AvgIpc) is 2.59. The van der Waals surface area contributed by atoms with Gasteiger partial charge in [-0.05, 0) is 42.5 Å². The lowest BCUT2D eigenvalue weighted by atomic mass is 10.2. The van der Waals surface area contributed by atoms with Crippen molar-refractivity contribution in [2.24, 2.45) is 0 Å². The van der Waals surface area contributed by atoms with Crippen LogP contribution in [0, 0.1) is 0 Å². The summed E-state index contributed by atoms with van der Waals surface area (Å²) in [5.74, 6) is -2.16. The number of phenolic OH excluding ortho intramolecular Hbond substituents is 1. The van der Waals surface area contributed by atoms with Gasteiger partial charge in [-0.25, -0.2) is 13.2 Å². The van der Waals surface area contributed by atoms with Gasteiger partial charge >= 0.3 is 5.97 Å². The number of ether oxygens (including phenoxy) is 1. The molecule has 0 heterocycles. The van der Waals surface area contributed by atoms with E-state index >= 15 is 0 Å². The van der Waals surface area contributed by atoms with Crippen LogP contribution >= 0.6 is 0 Å². The highest BCUT2D eigenvalue weighted by atomic mass is 32.2. The quantitative estimate of drug-likeness (QED) is 0.552. The lowest BCUT2D eigenvalue weighted by molar-refractivity contribution is 0.0692. The summed E-state index contributed by atoms with van der Waals surface area (Å²) < 4.78 is 29.2. The second-order valence-electron chi connectivity index (χ2n) is 4.77. The number of benzene rings is 2. The van der Waals surface area contributed by atoms with E-state index in [-0.39, 0.29) is 27.5 Å². The number of carboxylic acid groups (broad SMARTS) is 1. The van der Waals surface area contributed by atoms with E-state index in [0.717, 1.165) is 12.1 Å². The number of methoxy groups -OCH3 is 1. The maximum absolute atomic E-state index is 12.2. The van der Waals surface area contributed by atoms with E-state index in [1.165, 1.54) is 37.4 Å². The number of hydrogen-bond acceptors (Lipinski definition) is 6. The second-order valence-corrected chi connectivity index (χ2v) is 6.46. The number of rotatable bonds is 6. The van der Waals surface area contributed by atoms with Gasteiger partial charge in [0.1, 0.15) is 17.1 Å². The molecule has 0 bridgehead atoms. The van der Waals surface area contributed by atoms with Crippen LogP contribution in [-0.2, 0) is 10.0 Å². The molecule has 9 nitrogen and oxygen atoms in total. The lowest BCUT2D eigenvalue weighted by Crippen LogP contribution is -2.41. The van der Waals surface area contributed by atoms with Crippen molar-refractivity contribution >= 4 is 21.9 Å². The minimum Gasteiger partial charge on any atom is -0.508 e. The molecular formula is C15H14N2O7S. The molecule has 0 radical (unpaired) electrons. The van der Waals surface area contributed by atoms with Gasteiger partial charge in [0.25, 0.3) is 15.9 Å². The minimum atomic E-state index is -4.20. The first kappa shape index (κ1) is 18.2. The molecule has 1 amide bonds. The number of carbonyl (C=O) groups excluding carboxylic acids is 1. The third-order valence-electron chi connectivity index (χ3n) is 3.14. The number of hydrogen-bond donors (Lipinski definition) is 4. The van der Waals surface area contributed by atoms with Crippen LogP contribution in [0.5, 0.6) is 11.5 Å². The van der Waals surface area contributed by atoms with Crippen LogP contribution < -0.4 is 15.0 Å². The normalized spacial score (nSPS) is 10.9. The monoisotopic (exact) mass is 366 g/mol. The summed E-state index contributed by atoms with van der Waals surface area (Å²) in [5.41, 5.74) is 1.77. The van der Waals surface area contributed by atoms with E-state index in [1.54, 1.807) is 0 Å². The van der Waals surface area contributed by atoms with Gasteiger partial charge in [-0.15, -0.1) is 4.83 Å². The van der Waals surface area contributed by atoms with Gasteiger partial charge in [-0.2, -0.15) is 0 Å². The molecule has 0 atom stereocenters. The van der Waals surface area contributed by atoms with Crippen LogP contribution in [0.25, 0.3) is 0 Å². The zero-order valence-electron chi connectivity index (χ0n) is 12.9. The van der Waals surface area contributed by atoms with Crippen LogP contribution in [0.2, 0.25) is 0 Å². The standard InChI is InChI=1S/C15H14N2O7S/c1-24-13-7-6-11(8-12(13)15(20)21)25(22,23)17-16-14(19)9-2-4-10(18)5-3-9/h2-8,17-18H,1H3,(H,16,19)(H,20,21). The maximum atomic E-state index is 12.2. The molecule has 2 aromatic carbocycles. The molecular weight excluding hydrogens is 352 g/mol. The van der Waals surface area contributed by atoms with Crippen molar-refractivity contribution in [2.45, 2.75) is 4.90 Å². The first-order valence-corrected chi connectivity index (χ1v) is 8.25. The zero-order valence-corrected chi connectivity index (χ0v) is 13.7. The van der Waals surface area contributed by atoms with E-state index in [4.69, 9.17) is 14.9 Å². The highest BCUT2D eigenvalue weighted by Crippen LogP contribution is 2.22. The van der Waals surface area contributed by atoms with Crippen molar-refractivity contribution in [2.75, 3.05) is 7.11 Å². The largest absolute Gasteiger partial charge is 0.508 e. The molecule has 0 aliphatic rings. The number of aromatic hydroxyl groups is 1. The Morgan fingerprint density at radius 3 is 2.28 bits per heavy atom. The Morgan fingerprint density at radius 2 is 1.72 bits per heavy atom. The number of phenols is 1. The molecule has 0 aliphatic heterocycles. The van der Waals surface area contributed by atoms with E-state index < -0.39 is 21.9 Å². The number of amides is 1. The summed E-state index contributed by atoms with van der Waals surface area (Å²) in [6.45, 7) is 0. The van der Waals surface area contributed by atoms with Crippen LogP contribution in [0.4, 0.5) is 0 Å². The summed E-state index contributed by atoms with van der Waals surface area (Å²) in [6, 6.07) is 8.39. The molecule has 10 heteroatoms. The summed E-state index contributed by atoms with van der Waals surface area (Å²) in [6.07, 6.45) is 0. The number of hydrazine groups is 1. The predicted octanol–water partition coefficient (Wildman–Crippen LogP) is 0.722. The summed E-state index contributed by atoms with van der Waals surface area (Å²) in [5, 5.41) is 18.2. The third kappa shape index (κ3) is 4.25. The van der Waals surface area contributed by atoms with Gasteiger partial charge < -0.3 is 14.9 Å². The van der Waals surface area contributed by atoms with Crippen molar-refractivity contribution in [1.82, 2.24) is 10.3 Å². The van der Waals surface area contributed by atoms with Gasteiger partial charge in [0.2, 0.25) is 0 Å². The summed E-state index contributed by atoms with van der Waals surface area (Å²) >= 11 is 0. The van der Waals surface area contributed by atoms with Crippen LogP contribution in [-0.4, -0.2) is 37.6 Å². The Balaban J connectivity index is 2.19. The fourth-order valence-electron chi connectivity index (χ4n) is 1.88. The lowest BCUT2D eigenvalue weighted by Gasteiger charge is -2.10. The molecule has 0 aliphatic carbocycles. The highest BCUT2D eigenvalue weighted by molar-refractivity contribution is 7.89. The minimum absolute atomic E-state index is 0.000390. The van der Waals surface area contributed by atoms with Gasteiger partial charge in [0.15, 0.2) is 0 Å². The Hall–Kier alpha value is -3.11. The van der Waals surface area contributed by atoms with Gasteiger partial charge in [-0.3, -0.25) is 10.2 Å². The first-order chi connectivity index (χ1) is 11.7. The number of carbonyl (C=O) groups is 2. The zero-order chi connectivity index (χ0) is 18.6. The molecule has 0 saturated heterocycles.